The van der Waals surface area contributed by atoms with Crippen molar-refractivity contribution in [1.29, 1.82) is 0 Å². The lowest BCUT2D eigenvalue weighted by molar-refractivity contribution is 0.254. The fraction of sp³-hybridized carbons (Fsp3) is 0.615. The van der Waals surface area contributed by atoms with Crippen molar-refractivity contribution in [2.45, 2.75) is 45.6 Å². The SMILES string of the molecule is CCCCCCCOc1ncccc1CO. The number of aliphatic hydroxyl groups excluding tert-OH is 1. The molecule has 1 heterocycles. The maximum Gasteiger partial charge on any atom is 0.218 e. The van der Waals surface area contributed by atoms with Gasteiger partial charge in [-0.25, -0.2) is 4.98 Å². The molecule has 1 N–H and O–H groups in total. The standard InChI is InChI=1S/C13H21NO2/c1-2-3-4-5-6-10-16-13-12(11-15)8-7-9-14-13/h7-9,15H,2-6,10-11H2,1H3. The third-order valence-corrected chi connectivity index (χ3v) is 2.51. The number of ether oxygens (including phenoxy) is 1. The summed E-state index contributed by atoms with van der Waals surface area (Å²) in [6.45, 7) is 2.88. The predicted molar refractivity (Wildman–Crippen MR) is 64.4 cm³/mol. The first kappa shape index (κ1) is 13.0. The van der Waals surface area contributed by atoms with Gasteiger partial charge in [-0.3, -0.25) is 0 Å². The normalized spacial score (nSPS) is 10.4. The number of nitrogens with zero attached hydrogens (tertiary/aromatic N) is 1. The summed E-state index contributed by atoms with van der Waals surface area (Å²) in [7, 11) is 0. The summed E-state index contributed by atoms with van der Waals surface area (Å²) in [6.07, 6.45) is 7.78. The number of aromatic nitrogens is 1. The largest absolute Gasteiger partial charge is 0.477 e. The summed E-state index contributed by atoms with van der Waals surface area (Å²) in [4.78, 5) is 4.10. The molecule has 0 fully saturated rings. The first-order valence-electron chi connectivity index (χ1n) is 6.06. The summed E-state index contributed by atoms with van der Waals surface area (Å²) in [6, 6.07) is 3.64. The quantitative estimate of drug-likeness (QED) is 0.689. The molecule has 3 heteroatoms. The van der Waals surface area contributed by atoms with Crippen LogP contribution < -0.4 is 4.74 Å². The van der Waals surface area contributed by atoms with Crippen LogP contribution in [-0.2, 0) is 6.61 Å². The van der Waals surface area contributed by atoms with Crippen molar-refractivity contribution >= 4 is 0 Å². The van der Waals surface area contributed by atoms with Crippen LogP contribution in [0.2, 0.25) is 0 Å². The van der Waals surface area contributed by atoms with Crippen LogP contribution >= 0.6 is 0 Å². The van der Waals surface area contributed by atoms with Gasteiger partial charge in [0.15, 0.2) is 0 Å². The van der Waals surface area contributed by atoms with Gasteiger partial charge in [-0.1, -0.05) is 32.6 Å². The molecule has 0 unspecified atom stereocenters. The lowest BCUT2D eigenvalue weighted by Crippen LogP contribution is -2.02. The average molecular weight is 223 g/mol. The number of pyridine rings is 1. The molecule has 0 aliphatic carbocycles. The summed E-state index contributed by atoms with van der Waals surface area (Å²) in [5, 5.41) is 9.07. The molecule has 0 aliphatic rings. The molecule has 16 heavy (non-hydrogen) atoms. The van der Waals surface area contributed by atoms with E-state index in [1.807, 2.05) is 6.07 Å². The Kier molecular flexibility index (Phi) is 6.58. The molecular weight excluding hydrogens is 202 g/mol. The molecule has 0 atom stereocenters. The Bertz CT molecular complexity index is 289. The van der Waals surface area contributed by atoms with E-state index in [1.54, 1.807) is 12.3 Å². The summed E-state index contributed by atoms with van der Waals surface area (Å²) < 4.78 is 5.54. The van der Waals surface area contributed by atoms with Gasteiger partial charge in [0.2, 0.25) is 5.88 Å². The lowest BCUT2D eigenvalue weighted by Gasteiger charge is -2.08. The van der Waals surface area contributed by atoms with E-state index in [1.165, 1.54) is 25.7 Å². The van der Waals surface area contributed by atoms with Crippen LogP contribution in [0.3, 0.4) is 0 Å². The zero-order chi connectivity index (χ0) is 11.6. The second kappa shape index (κ2) is 8.11. The molecule has 90 valence electrons. The molecule has 3 nitrogen and oxygen atoms in total. The molecule has 0 amide bonds. The van der Waals surface area contributed by atoms with Crippen LogP contribution in [0, 0.1) is 0 Å². The Morgan fingerprint density at radius 1 is 1.25 bits per heavy atom. The number of unbranched alkanes of at least 4 members (excludes halogenated alkanes) is 4. The molecular formula is C13H21NO2. The second-order valence-corrected chi connectivity index (χ2v) is 3.89. The Hall–Kier alpha value is -1.09. The van der Waals surface area contributed by atoms with E-state index < -0.39 is 0 Å². The zero-order valence-electron chi connectivity index (χ0n) is 9.98. The van der Waals surface area contributed by atoms with Gasteiger partial charge in [0.25, 0.3) is 0 Å². The van der Waals surface area contributed by atoms with Gasteiger partial charge < -0.3 is 9.84 Å². The highest BCUT2D eigenvalue weighted by Crippen LogP contribution is 2.14. The Morgan fingerprint density at radius 3 is 2.81 bits per heavy atom. The summed E-state index contributed by atoms with van der Waals surface area (Å²) in [5.74, 6) is 0.570. The maximum absolute atomic E-state index is 9.07. The van der Waals surface area contributed by atoms with Crippen molar-refractivity contribution in [3.8, 4) is 5.88 Å². The van der Waals surface area contributed by atoms with E-state index in [0.717, 1.165) is 12.0 Å². The number of rotatable bonds is 8. The third-order valence-electron chi connectivity index (χ3n) is 2.51. The lowest BCUT2D eigenvalue weighted by atomic mass is 10.2. The molecule has 0 spiro atoms. The minimum Gasteiger partial charge on any atom is -0.477 e. The smallest absolute Gasteiger partial charge is 0.218 e. The molecule has 1 aromatic heterocycles. The van der Waals surface area contributed by atoms with E-state index in [-0.39, 0.29) is 6.61 Å². The highest BCUT2D eigenvalue weighted by molar-refractivity contribution is 5.24. The van der Waals surface area contributed by atoms with Gasteiger partial charge in [-0.15, -0.1) is 0 Å². The molecule has 1 aromatic rings. The number of hydrogen-bond donors (Lipinski definition) is 1. The Labute approximate surface area is 97.5 Å². The van der Waals surface area contributed by atoms with Gasteiger partial charge in [0.1, 0.15) is 0 Å². The third kappa shape index (κ3) is 4.62. The average Bonchev–Trinajstić information content (AvgIpc) is 2.34. The molecule has 0 bridgehead atoms. The fourth-order valence-electron chi connectivity index (χ4n) is 1.55. The monoisotopic (exact) mass is 223 g/mol. The van der Waals surface area contributed by atoms with Crippen molar-refractivity contribution in [1.82, 2.24) is 4.98 Å². The maximum atomic E-state index is 9.07. The van der Waals surface area contributed by atoms with E-state index in [2.05, 4.69) is 11.9 Å². The number of hydrogen-bond acceptors (Lipinski definition) is 3. The van der Waals surface area contributed by atoms with E-state index in [9.17, 15) is 0 Å². The van der Waals surface area contributed by atoms with E-state index in [0.29, 0.717) is 12.5 Å². The first-order valence-corrected chi connectivity index (χ1v) is 6.06. The Morgan fingerprint density at radius 2 is 2.06 bits per heavy atom. The van der Waals surface area contributed by atoms with Crippen molar-refractivity contribution in [3.63, 3.8) is 0 Å². The van der Waals surface area contributed by atoms with Gasteiger partial charge in [-0.05, 0) is 18.6 Å². The van der Waals surface area contributed by atoms with Crippen LogP contribution in [-0.4, -0.2) is 16.7 Å². The number of aliphatic hydroxyl groups is 1. The van der Waals surface area contributed by atoms with Gasteiger partial charge in [-0.2, -0.15) is 0 Å². The van der Waals surface area contributed by atoms with Crippen molar-refractivity contribution in [2.24, 2.45) is 0 Å². The van der Waals surface area contributed by atoms with Crippen LogP contribution in [0.25, 0.3) is 0 Å². The first-order chi connectivity index (χ1) is 7.88. The topological polar surface area (TPSA) is 42.4 Å². The van der Waals surface area contributed by atoms with Gasteiger partial charge in [0.05, 0.1) is 13.2 Å². The zero-order valence-corrected chi connectivity index (χ0v) is 9.98. The fourth-order valence-corrected chi connectivity index (χ4v) is 1.55. The van der Waals surface area contributed by atoms with Crippen LogP contribution in [0.5, 0.6) is 5.88 Å². The minimum absolute atomic E-state index is 0.0149. The minimum atomic E-state index is -0.0149. The molecule has 0 radical (unpaired) electrons. The molecule has 0 saturated heterocycles. The summed E-state index contributed by atoms with van der Waals surface area (Å²) in [5.41, 5.74) is 0.760. The van der Waals surface area contributed by atoms with Crippen molar-refractivity contribution in [2.75, 3.05) is 6.61 Å². The van der Waals surface area contributed by atoms with Crippen molar-refractivity contribution in [3.05, 3.63) is 23.9 Å². The van der Waals surface area contributed by atoms with Gasteiger partial charge >= 0.3 is 0 Å². The van der Waals surface area contributed by atoms with Crippen molar-refractivity contribution < 1.29 is 9.84 Å². The van der Waals surface area contributed by atoms with E-state index >= 15 is 0 Å². The molecule has 0 saturated carbocycles. The van der Waals surface area contributed by atoms with Crippen LogP contribution in [0.1, 0.15) is 44.6 Å². The van der Waals surface area contributed by atoms with E-state index in [4.69, 9.17) is 9.84 Å². The molecule has 0 aromatic carbocycles. The molecule has 0 aliphatic heterocycles. The highest BCUT2D eigenvalue weighted by atomic mass is 16.5. The van der Waals surface area contributed by atoms with Crippen LogP contribution in [0.4, 0.5) is 0 Å². The van der Waals surface area contributed by atoms with Crippen LogP contribution in [0.15, 0.2) is 18.3 Å². The molecule has 1 rings (SSSR count). The predicted octanol–water partition coefficient (Wildman–Crippen LogP) is 2.92. The van der Waals surface area contributed by atoms with Gasteiger partial charge in [0, 0.05) is 11.8 Å². The Balaban J connectivity index is 2.21. The highest BCUT2D eigenvalue weighted by Gasteiger charge is 2.02. The second-order valence-electron chi connectivity index (χ2n) is 3.89. The summed E-state index contributed by atoms with van der Waals surface area (Å²) >= 11 is 0.